The highest BCUT2D eigenvalue weighted by molar-refractivity contribution is 7.15. The summed E-state index contributed by atoms with van der Waals surface area (Å²) in [4.78, 5) is 17.8. The van der Waals surface area contributed by atoms with E-state index in [0.717, 1.165) is 27.5 Å². The number of hydrogen-bond donors (Lipinski definition) is 1. The van der Waals surface area contributed by atoms with Crippen molar-refractivity contribution in [3.63, 3.8) is 0 Å². The summed E-state index contributed by atoms with van der Waals surface area (Å²) in [5.74, 6) is 0.0521. The molecule has 0 saturated heterocycles. The molecule has 4 rings (SSSR count). The van der Waals surface area contributed by atoms with Gasteiger partial charge in [0.15, 0.2) is 4.96 Å². The lowest BCUT2D eigenvalue weighted by Crippen LogP contribution is -2.23. The Morgan fingerprint density at radius 1 is 1.11 bits per heavy atom. The van der Waals surface area contributed by atoms with Crippen LogP contribution in [0.5, 0.6) is 0 Å². The minimum absolute atomic E-state index is 0.0521. The Balaban J connectivity index is 1.40. The van der Waals surface area contributed by atoms with Crippen LogP contribution in [0.15, 0.2) is 66.2 Å². The van der Waals surface area contributed by atoms with Crippen molar-refractivity contribution in [3.05, 3.63) is 82.5 Å². The molecule has 0 saturated carbocycles. The minimum Gasteiger partial charge on any atom is -0.352 e. The van der Waals surface area contributed by atoms with E-state index in [1.807, 2.05) is 60.8 Å². The summed E-state index contributed by atoms with van der Waals surface area (Å²) in [5, 5.41) is 5.75. The van der Waals surface area contributed by atoms with E-state index in [1.165, 1.54) is 0 Å². The highest BCUT2D eigenvalue weighted by Crippen LogP contribution is 2.25. The maximum atomic E-state index is 12.2. The Kier molecular flexibility index (Phi) is 5.23. The summed E-state index contributed by atoms with van der Waals surface area (Å²) >= 11 is 7.54. The van der Waals surface area contributed by atoms with Gasteiger partial charge >= 0.3 is 0 Å². The molecule has 0 aliphatic rings. The minimum atomic E-state index is 0.0521. The van der Waals surface area contributed by atoms with Crippen molar-refractivity contribution in [3.8, 4) is 11.3 Å². The molecule has 2 aromatic heterocycles. The van der Waals surface area contributed by atoms with Crippen LogP contribution in [0, 0.1) is 0 Å². The van der Waals surface area contributed by atoms with Crippen LogP contribution in [0.4, 0.5) is 0 Å². The molecule has 4 aromatic rings. The molecule has 0 aliphatic carbocycles. The van der Waals surface area contributed by atoms with E-state index < -0.39 is 0 Å². The van der Waals surface area contributed by atoms with Crippen LogP contribution in [0.3, 0.4) is 0 Å². The number of amides is 1. The van der Waals surface area contributed by atoms with Crippen LogP contribution in [-0.2, 0) is 17.8 Å². The maximum Gasteiger partial charge on any atom is 0.220 e. The first-order chi connectivity index (χ1) is 13.2. The largest absolute Gasteiger partial charge is 0.352 e. The number of halogens is 1. The fraction of sp³-hybridized carbons (Fsp3) is 0.143. The summed E-state index contributed by atoms with van der Waals surface area (Å²) < 4.78 is 2.07. The fourth-order valence-corrected chi connectivity index (χ4v) is 3.93. The zero-order valence-corrected chi connectivity index (χ0v) is 16.1. The highest BCUT2D eigenvalue weighted by atomic mass is 35.5. The van der Waals surface area contributed by atoms with E-state index in [-0.39, 0.29) is 5.91 Å². The first kappa shape index (κ1) is 17.8. The van der Waals surface area contributed by atoms with Crippen molar-refractivity contribution in [1.82, 2.24) is 14.7 Å². The molecule has 0 aliphatic heterocycles. The van der Waals surface area contributed by atoms with E-state index in [0.29, 0.717) is 24.4 Å². The zero-order valence-electron chi connectivity index (χ0n) is 14.6. The Morgan fingerprint density at radius 2 is 1.89 bits per heavy atom. The third-order valence-corrected chi connectivity index (χ3v) is 5.50. The van der Waals surface area contributed by atoms with Crippen LogP contribution in [0.1, 0.15) is 17.7 Å². The summed E-state index contributed by atoms with van der Waals surface area (Å²) in [6.07, 6.45) is 3.15. The molecule has 2 aromatic carbocycles. The molecule has 4 nitrogen and oxygen atoms in total. The number of benzene rings is 2. The van der Waals surface area contributed by atoms with Gasteiger partial charge in [0.1, 0.15) is 0 Å². The van der Waals surface area contributed by atoms with Gasteiger partial charge in [-0.05, 0) is 24.1 Å². The topological polar surface area (TPSA) is 46.4 Å². The molecule has 0 bridgehead atoms. The fourth-order valence-electron chi connectivity index (χ4n) is 2.90. The molecule has 2 heterocycles. The predicted molar refractivity (Wildman–Crippen MR) is 110 cm³/mol. The molecule has 0 spiro atoms. The van der Waals surface area contributed by atoms with Crippen molar-refractivity contribution in [1.29, 1.82) is 0 Å². The van der Waals surface area contributed by atoms with E-state index in [4.69, 9.17) is 11.6 Å². The molecular weight excluding hydrogens is 378 g/mol. The number of carbonyl (C=O) groups excluding carboxylic acids is 1. The number of imidazole rings is 1. The summed E-state index contributed by atoms with van der Waals surface area (Å²) in [7, 11) is 0. The molecule has 1 amide bonds. The maximum absolute atomic E-state index is 12.2. The van der Waals surface area contributed by atoms with Crippen LogP contribution in [-0.4, -0.2) is 15.3 Å². The van der Waals surface area contributed by atoms with Gasteiger partial charge in [0.25, 0.3) is 0 Å². The Hall–Kier alpha value is -2.63. The Bertz CT molecular complexity index is 1050. The number of aryl methyl sites for hydroxylation is 1. The number of nitrogens with one attached hydrogen (secondary N) is 1. The van der Waals surface area contributed by atoms with Gasteiger partial charge in [-0.25, -0.2) is 4.98 Å². The van der Waals surface area contributed by atoms with E-state index >= 15 is 0 Å². The standard InChI is InChI=1S/C21H18ClN3OS/c22-17-8-6-16(7-9-17)19-13-25-18(14-27-21(25)24-19)10-11-20(26)23-12-15-4-2-1-3-5-15/h1-9,13-14H,10-12H2,(H,23,26). The number of rotatable bonds is 6. The van der Waals surface area contributed by atoms with Crippen molar-refractivity contribution >= 4 is 33.8 Å². The lowest BCUT2D eigenvalue weighted by molar-refractivity contribution is -0.121. The average molecular weight is 396 g/mol. The van der Waals surface area contributed by atoms with E-state index in [2.05, 4.69) is 20.1 Å². The zero-order chi connectivity index (χ0) is 18.6. The lowest BCUT2D eigenvalue weighted by atomic mass is 10.2. The summed E-state index contributed by atoms with van der Waals surface area (Å²) in [6.45, 7) is 0.560. The van der Waals surface area contributed by atoms with Crippen LogP contribution in [0.2, 0.25) is 5.02 Å². The van der Waals surface area contributed by atoms with Gasteiger partial charge in [0.05, 0.1) is 5.69 Å². The highest BCUT2D eigenvalue weighted by Gasteiger charge is 2.11. The van der Waals surface area contributed by atoms with E-state index in [1.54, 1.807) is 11.3 Å². The number of carbonyl (C=O) groups is 1. The van der Waals surface area contributed by atoms with Gasteiger partial charge in [-0.3, -0.25) is 9.20 Å². The van der Waals surface area contributed by atoms with Crippen LogP contribution >= 0.6 is 22.9 Å². The summed E-state index contributed by atoms with van der Waals surface area (Å²) in [5.41, 5.74) is 4.14. The second-order valence-electron chi connectivity index (χ2n) is 6.27. The van der Waals surface area contributed by atoms with Crippen molar-refractivity contribution in [2.24, 2.45) is 0 Å². The molecular formula is C21H18ClN3OS. The quantitative estimate of drug-likeness (QED) is 0.501. The molecule has 0 unspecified atom stereocenters. The monoisotopic (exact) mass is 395 g/mol. The third kappa shape index (κ3) is 4.21. The van der Waals surface area contributed by atoms with Gasteiger partial charge in [0.2, 0.25) is 5.91 Å². The SMILES string of the molecule is O=C(CCc1csc2nc(-c3ccc(Cl)cc3)cn12)NCc1ccccc1. The van der Waals surface area contributed by atoms with Crippen LogP contribution < -0.4 is 5.32 Å². The molecule has 27 heavy (non-hydrogen) atoms. The van der Waals surface area contributed by atoms with Gasteiger partial charge in [0, 0.05) is 40.8 Å². The second-order valence-corrected chi connectivity index (χ2v) is 7.55. The number of thiazole rings is 1. The number of fused-ring (bicyclic) bond motifs is 1. The Morgan fingerprint density at radius 3 is 2.67 bits per heavy atom. The summed E-state index contributed by atoms with van der Waals surface area (Å²) in [6, 6.07) is 17.6. The normalized spacial score (nSPS) is 11.0. The van der Waals surface area contributed by atoms with Crippen molar-refractivity contribution < 1.29 is 4.79 Å². The second kappa shape index (κ2) is 7.94. The van der Waals surface area contributed by atoms with E-state index in [9.17, 15) is 4.79 Å². The predicted octanol–water partition coefficient (Wildman–Crippen LogP) is 4.97. The van der Waals surface area contributed by atoms with Crippen LogP contribution in [0.25, 0.3) is 16.2 Å². The van der Waals surface area contributed by atoms with Gasteiger partial charge < -0.3 is 5.32 Å². The molecule has 136 valence electrons. The van der Waals surface area contributed by atoms with Crippen molar-refractivity contribution in [2.75, 3.05) is 0 Å². The lowest BCUT2D eigenvalue weighted by Gasteiger charge is -2.05. The van der Waals surface area contributed by atoms with Gasteiger partial charge in [-0.15, -0.1) is 11.3 Å². The number of aromatic nitrogens is 2. The number of hydrogen-bond acceptors (Lipinski definition) is 3. The first-order valence-corrected chi connectivity index (χ1v) is 9.97. The first-order valence-electron chi connectivity index (χ1n) is 8.71. The molecule has 0 radical (unpaired) electrons. The molecule has 6 heteroatoms. The average Bonchev–Trinajstić information content (AvgIpc) is 3.27. The Labute approximate surface area is 166 Å². The molecule has 0 fully saturated rings. The molecule has 0 atom stereocenters. The van der Waals surface area contributed by atoms with Gasteiger partial charge in [-0.1, -0.05) is 54.1 Å². The number of nitrogens with zero attached hydrogens (tertiary/aromatic N) is 2. The molecule has 1 N–H and O–H groups in total. The third-order valence-electron chi connectivity index (χ3n) is 4.36. The van der Waals surface area contributed by atoms with Gasteiger partial charge in [-0.2, -0.15) is 0 Å². The van der Waals surface area contributed by atoms with Crippen molar-refractivity contribution in [2.45, 2.75) is 19.4 Å². The smallest absolute Gasteiger partial charge is 0.220 e.